The first-order valence-electron chi connectivity index (χ1n) is 7.90. The predicted molar refractivity (Wildman–Crippen MR) is 95.2 cm³/mol. The van der Waals surface area contributed by atoms with Crippen LogP contribution in [0.2, 0.25) is 0 Å². The average Bonchev–Trinajstić information content (AvgIpc) is 3.04. The van der Waals surface area contributed by atoms with E-state index in [1.807, 2.05) is 54.9 Å². The van der Waals surface area contributed by atoms with Gasteiger partial charge in [-0.15, -0.1) is 0 Å². The summed E-state index contributed by atoms with van der Waals surface area (Å²) in [4.78, 5) is 21.4. The Morgan fingerprint density at radius 2 is 1.96 bits per heavy atom. The Balaban J connectivity index is 1.54. The number of morpholine rings is 1. The highest BCUT2D eigenvalue weighted by atomic mass is 16.5. The SMILES string of the molecule is O=C1COCCN1c1ccc(N=Cc2c[nH]c3ccccc23)cc1. The van der Waals surface area contributed by atoms with Gasteiger partial charge in [0.1, 0.15) is 6.61 Å². The van der Waals surface area contributed by atoms with E-state index >= 15 is 0 Å². The molecule has 0 unspecified atom stereocenters. The Labute approximate surface area is 139 Å². The lowest BCUT2D eigenvalue weighted by molar-refractivity contribution is -0.125. The number of fused-ring (bicyclic) bond motifs is 1. The fraction of sp³-hybridized carbons (Fsp3) is 0.158. The summed E-state index contributed by atoms with van der Waals surface area (Å²) in [6.45, 7) is 1.32. The number of anilines is 1. The van der Waals surface area contributed by atoms with Crippen LogP contribution in [-0.2, 0) is 9.53 Å². The molecule has 1 N–H and O–H groups in total. The summed E-state index contributed by atoms with van der Waals surface area (Å²) in [5.41, 5.74) is 3.89. The second-order valence-corrected chi connectivity index (χ2v) is 5.66. The van der Waals surface area contributed by atoms with Gasteiger partial charge in [0.15, 0.2) is 0 Å². The molecule has 1 aromatic heterocycles. The number of ether oxygens (including phenoxy) is 1. The average molecular weight is 319 g/mol. The molecule has 0 atom stereocenters. The number of benzene rings is 2. The largest absolute Gasteiger partial charge is 0.370 e. The molecule has 1 fully saturated rings. The molecule has 0 saturated carbocycles. The summed E-state index contributed by atoms with van der Waals surface area (Å²) in [6, 6.07) is 15.8. The Hall–Kier alpha value is -2.92. The maximum Gasteiger partial charge on any atom is 0.253 e. The zero-order chi connectivity index (χ0) is 16.4. The van der Waals surface area contributed by atoms with Gasteiger partial charge in [0.05, 0.1) is 12.3 Å². The zero-order valence-corrected chi connectivity index (χ0v) is 13.1. The maximum absolute atomic E-state index is 11.9. The number of para-hydroxylation sites is 1. The Bertz CT molecular complexity index is 896. The molecular weight excluding hydrogens is 302 g/mol. The first-order valence-corrected chi connectivity index (χ1v) is 7.90. The third-order valence-electron chi connectivity index (χ3n) is 4.12. The van der Waals surface area contributed by atoms with Crippen molar-refractivity contribution in [2.75, 3.05) is 24.7 Å². The predicted octanol–water partition coefficient (Wildman–Crippen LogP) is 3.28. The second kappa shape index (κ2) is 6.29. The first kappa shape index (κ1) is 14.7. The van der Waals surface area contributed by atoms with E-state index in [9.17, 15) is 4.79 Å². The van der Waals surface area contributed by atoms with E-state index in [-0.39, 0.29) is 12.5 Å². The van der Waals surface area contributed by atoms with Crippen LogP contribution in [0.1, 0.15) is 5.56 Å². The second-order valence-electron chi connectivity index (χ2n) is 5.66. The number of H-pyrrole nitrogens is 1. The lowest BCUT2D eigenvalue weighted by Crippen LogP contribution is -2.41. The molecule has 0 spiro atoms. The van der Waals surface area contributed by atoms with E-state index in [1.54, 1.807) is 4.90 Å². The minimum absolute atomic E-state index is 0.00343. The number of nitrogens with zero attached hydrogens (tertiary/aromatic N) is 2. The van der Waals surface area contributed by atoms with Crippen molar-refractivity contribution in [3.05, 3.63) is 60.3 Å². The smallest absolute Gasteiger partial charge is 0.253 e. The Morgan fingerprint density at radius 3 is 2.79 bits per heavy atom. The molecule has 5 nitrogen and oxygen atoms in total. The van der Waals surface area contributed by atoms with Crippen molar-refractivity contribution < 1.29 is 9.53 Å². The lowest BCUT2D eigenvalue weighted by Gasteiger charge is -2.26. The number of carbonyl (C=O) groups is 1. The highest BCUT2D eigenvalue weighted by Crippen LogP contribution is 2.22. The standard InChI is InChI=1S/C19H17N3O2/c23-19-13-24-10-9-22(19)16-7-5-15(6-8-16)20-11-14-12-21-18-4-2-1-3-17(14)18/h1-8,11-12,21H,9-10,13H2. The molecule has 1 amide bonds. The molecule has 120 valence electrons. The van der Waals surface area contributed by atoms with Crippen LogP contribution >= 0.6 is 0 Å². The van der Waals surface area contributed by atoms with Crippen LogP contribution in [0.4, 0.5) is 11.4 Å². The van der Waals surface area contributed by atoms with Crippen molar-refractivity contribution >= 4 is 34.4 Å². The fourth-order valence-electron chi connectivity index (χ4n) is 2.85. The zero-order valence-electron chi connectivity index (χ0n) is 13.1. The van der Waals surface area contributed by atoms with Gasteiger partial charge in [-0.05, 0) is 30.3 Å². The van der Waals surface area contributed by atoms with E-state index in [0.717, 1.165) is 27.8 Å². The van der Waals surface area contributed by atoms with Crippen molar-refractivity contribution in [1.29, 1.82) is 0 Å². The molecule has 4 rings (SSSR count). The highest BCUT2D eigenvalue weighted by molar-refractivity contribution is 5.99. The molecule has 1 saturated heterocycles. The van der Waals surface area contributed by atoms with Crippen molar-refractivity contribution in [3.8, 4) is 0 Å². The topological polar surface area (TPSA) is 57.7 Å². The molecule has 0 bridgehead atoms. The van der Waals surface area contributed by atoms with E-state index in [4.69, 9.17) is 4.74 Å². The monoisotopic (exact) mass is 319 g/mol. The van der Waals surface area contributed by atoms with Crippen LogP contribution in [0.3, 0.4) is 0 Å². The van der Waals surface area contributed by atoms with Crippen LogP contribution in [0.15, 0.2) is 59.7 Å². The van der Waals surface area contributed by atoms with Gasteiger partial charge in [-0.1, -0.05) is 18.2 Å². The number of aromatic amines is 1. The van der Waals surface area contributed by atoms with E-state index in [1.165, 1.54) is 0 Å². The van der Waals surface area contributed by atoms with Crippen LogP contribution in [0.5, 0.6) is 0 Å². The van der Waals surface area contributed by atoms with Gasteiger partial charge in [-0.25, -0.2) is 0 Å². The minimum Gasteiger partial charge on any atom is -0.370 e. The van der Waals surface area contributed by atoms with Crippen molar-refractivity contribution in [2.24, 2.45) is 4.99 Å². The maximum atomic E-state index is 11.9. The quantitative estimate of drug-likeness (QED) is 0.753. The number of amides is 1. The number of carbonyl (C=O) groups excluding carboxylic acids is 1. The van der Waals surface area contributed by atoms with E-state index < -0.39 is 0 Å². The lowest BCUT2D eigenvalue weighted by atomic mass is 10.2. The Kier molecular flexibility index (Phi) is 3.84. The van der Waals surface area contributed by atoms with Crippen molar-refractivity contribution in [3.63, 3.8) is 0 Å². The molecule has 3 aromatic rings. The highest BCUT2D eigenvalue weighted by Gasteiger charge is 2.19. The summed E-state index contributed by atoms with van der Waals surface area (Å²) >= 11 is 0. The number of hydrogen-bond acceptors (Lipinski definition) is 3. The molecule has 0 aliphatic carbocycles. The molecule has 1 aliphatic heterocycles. The number of aliphatic imine (C=N–C) groups is 1. The fourth-order valence-corrected chi connectivity index (χ4v) is 2.85. The number of aromatic nitrogens is 1. The Morgan fingerprint density at radius 1 is 1.12 bits per heavy atom. The van der Waals surface area contributed by atoms with Gasteiger partial charge in [-0.2, -0.15) is 0 Å². The summed E-state index contributed by atoms with van der Waals surface area (Å²) < 4.78 is 5.15. The molecule has 2 aromatic carbocycles. The molecule has 5 heteroatoms. The molecule has 2 heterocycles. The first-order chi connectivity index (χ1) is 11.8. The molecule has 0 radical (unpaired) electrons. The third kappa shape index (κ3) is 2.81. The van der Waals surface area contributed by atoms with Gasteiger partial charge < -0.3 is 14.6 Å². The van der Waals surface area contributed by atoms with Crippen LogP contribution in [-0.4, -0.2) is 36.9 Å². The minimum atomic E-state index is -0.00343. The number of rotatable bonds is 3. The van der Waals surface area contributed by atoms with Gasteiger partial charge in [0.25, 0.3) is 5.91 Å². The summed E-state index contributed by atoms with van der Waals surface area (Å²) in [5, 5.41) is 1.15. The van der Waals surface area contributed by atoms with Gasteiger partial charge in [0, 0.05) is 41.1 Å². The molecule has 1 aliphatic rings. The van der Waals surface area contributed by atoms with E-state index in [0.29, 0.717) is 13.2 Å². The summed E-state index contributed by atoms with van der Waals surface area (Å²) in [7, 11) is 0. The van der Waals surface area contributed by atoms with Gasteiger partial charge >= 0.3 is 0 Å². The van der Waals surface area contributed by atoms with Crippen LogP contribution < -0.4 is 4.90 Å². The van der Waals surface area contributed by atoms with Gasteiger partial charge in [-0.3, -0.25) is 9.79 Å². The summed E-state index contributed by atoms with van der Waals surface area (Å²) in [6.07, 6.45) is 3.81. The van der Waals surface area contributed by atoms with Crippen LogP contribution in [0.25, 0.3) is 10.9 Å². The molecular formula is C19H17N3O2. The van der Waals surface area contributed by atoms with E-state index in [2.05, 4.69) is 16.0 Å². The van der Waals surface area contributed by atoms with Crippen molar-refractivity contribution in [1.82, 2.24) is 4.98 Å². The van der Waals surface area contributed by atoms with Crippen molar-refractivity contribution in [2.45, 2.75) is 0 Å². The molecule has 24 heavy (non-hydrogen) atoms. The summed E-state index contributed by atoms with van der Waals surface area (Å²) in [5.74, 6) is -0.00343. The third-order valence-corrected chi connectivity index (χ3v) is 4.12. The normalized spacial score (nSPS) is 15.5. The van der Waals surface area contributed by atoms with Crippen LogP contribution in [0, 0.1) is 0 Å². The number of nitrogens with one attached hydrogen (secondary N) is 1. The number of hydrogen-bond donors (Lipinski definition) is 1. The van der Waals surface area contributed by atoms with Gasteiger partial charge in [0.2, 0.25) is 0 Å².